The maximum atomic E-state index is 14.0. The summed E-state index contributed by atoms with van der Waals surface area (Å²) in [7, 11) is 0. The second-order valence-corrected chi connectivity index (χ2v) is 7.49. The first kappa shape index (κ1) is 21.1. The Morgan fingerprint density at radius 3 is 2.57 bits per heavy atom. The van der Waals surface area contributed by atoms with Gasteiger partial charge in [-0.3, -0.25) is 0 Å². The fourth-order valence-electron chi connectivity index (χ4n) is 3.05. The average molecular weight is 436 g/mol. The van der Waals surface area contributed by atoms with E-state index >= 15 is 0 Å². The molecule has 0 radical (unpaired) electrons. The maximum absolute atomic E-state index is 14.0. The van der Waals surface area contributed by atoms with E-state index in [2.05, 4.69) is 16.0 Å². The molecular weight excluding hydrogens is 418 g/mol. The minimum atomic E-state index is -4.74. The van der Waals surface area contributed by atoms with Crippen LogP contribution in [-0.4, -0.2) is 29.3 Å². The maximum Gasteiger partial charge on any atom is 0.435 e. The molecule has 152 valence electrons. The lowest BCUT2D eigenvalue weighted by molar-refractivity contribution is -0.275. The number of aliphatic hydroxyl groups excluding tert-OH is 1. The van der Waals surface area contributed by atoms with E-state index in [1.165, 1.54) is 18.2 Å². The number of allylic oxidation sites excluding steroid dienone is 2. The predicted molar refractivity (Wildman–Crippen MR) is 101 cm³/mol. The van der Waals surface area contributed by atoms with E-state index in [0.29, 0.717) is 12.0 Å². The van der Waals surface area contributed by atoms with Gasteiger partial charge in [0.2, 0.25) is 0 Å². The van der Waals surface area contributed by atoms with Crippen LogP contribution >= 0.6 is 23.2 Å². The molecule has 0 aromatic heterocycles. The van der Waals surface area contributed by atoms with Crippen LogP contribution in [0.2, 0.25) is 10.0 Å². The fraction of sp³-hybridized carbons (Fsp3) is 0.389. The molecule has 0 saturated carbocycles. The van der Waals surface area contributed by atoms with Gasteiger partial charge in [-0.1, -0.05) is 46.6 Å². The molecule has 1 heterocycles. The van der Waals surface area contributed by atoms with E-state index in [1.807, 2.05) is 6.08 Å². The van der Waals surface area contributed by atoms with Crippen LogP contribution in [0.4, 0.5) is 13.2 Å². The van der Waals surface area contributed by atoms with Crippen LogP contribution in [0.25, 0.3) is 0 Å². The molecule has 3 rings (SSSR count). The number of benzene rings is 1. The van der Waals surface area contributed by atoms with Crippen molar-refractivity contribution in [1.29, 1.82) is 0 Å². The van der Waals surface area contributed by atoms with Gasteiger partial charge in [0.15, 0.2) is 0 Å². The Morgan fingerprint density at radius 2 is 1.96 bits per heavy atom. The van der Waals surface area contributed by atoms with Gasteiger partial charge in [-0.05, 0) is 37.1 Å². The number of hydrogen-bond acceptors (Lipinski definition) is 5. The summed E-state index contributed by atoms with van der Waals surface area (Å²) in [5.74, 6) is 0. The summed E-state index contributed by atoms with van der Waals surface area (Å²) in [5, 5.41) is 13.2. The first-order valence-corrected chi connectivity index (χ1v) is 9.22. The van der Waals surface area contributed by atoms with Crippen molar-refractivity contribution in [2.45, 2.75) is 43.8 Å². The van der Waals surface area contributed by atoms with Gasteiger partial charge in [0, 0.05) is 28.1 Å². The average Bonchev–Trinajstić information content (AvgIpc) is 3.06. The summed E-state index contributed by atoms with van der Waals surface area (Å²) in [4.78, 5) is 5.00. The minimum Gasteiger partial charge on any atom is -0.378 e. The number of hydrazine groups is 1. The molecule has 0 saturated heterocycles. The van der Waals surface area contributed by atoms with E-state index < -0.39 is 24.4 Å². The van der Waals surface area contributed by atoms with Crippen LogP contribution in [0.3, 0.4) is 0 Å². The molecule has 1 aliphatic carbocycles. The number of nitrogens with one attached hydrogen (secondary N) is 2. The standard InChI is InChI=1S/C18H18Cl2F3N3O2/c1-10(27)24-25-15-4-2-3-11(5-15)16-9-17(28-26-16,18(21,22)23)12-6-13(19)8-14(20)7-12/h2-3,5-8,10,15,24-25,27H,4,9H2,1H3/t10?,15-,17?/m1/s1. The molecule has 5 nitrogen and oxygen atoms in total. The highest BCUT2D eigenvalue weighted by molar-refractivity contribution is 6.34. The lowest BCUT2D eigenvalue weighted by atomic mass is 9.85. The molecule has 0 fully saturated rings. The smallest absolute Gasteiger partial charge is 0.378 e. The minimum absolute atomic E-state index is 0.0772. The molecule has 0 amide bonds. The van der Waals surface area contributed by atoms with Gasteiger partial charge in [0.25, 0.3) is 5.60 Å². The van der Waals surface area contributed by atoms with Gasteiger partial charge in [0.05, 0.1) is 5.71 Å². The summed E-state index contributed by atoms with van der Waals surface area (Å²) in [6, 6.07) is 3.49. The molecule has 1 aromatic rings. The van der Waals surface area contributed by atoms with Gasteiger partial charge in [0.1, 0.15) is 6.23 Å². The Bertz CT molecular complexity index is 820. The van der Waals surface area contributed by atoms with Crippen molar-refractivity contribution in [3.05, 3.63) is 57.6 Å². The van der Waals surface area contributed by atoms with E-state index in [9.17, 15) is 18.3 Å². The van der Waals surface area contributed by atoms with E-state index in [4.69, 9.17) is 28.0 Å². The molecule has 0 bridgehead atoms. The molecule has 3 N–H and O–H groups in total. The number of aliphatic hydroxyl groups is 1. The zero-order valence-corrected chi connectivity index (χ0v) is 16.2. The van der Waals surface area contributed by atoms with Crippen molar-refractivity contribution < 1.29 is 23.1 Å². The Kier molecular flexibility index (Phi) is 6.07. The topological polar surface area (TPSA) is 65.9 Å². The number of oxime groups is 1. The normalized spacial score (nSPS) is 25.9. The zero-order chi connectivity index (χ0) is 20.5. The highest BCUT2D eigenvalue weighted by Gasteiger charge is 2.62. The Morgan fingerprint density at radius 1 is 1.29 bits per heavy atom. The van der Waals surface area contributed by atoms with Crippen molar-refractivity contribution in [3.8, 4) is 0 Å². The molecule has 10 heteroatoms. The van der Waals surface area contributed by atoms with Crippen LogP contribution in [-0.2, 0) is 10.4 Å². The van der Waals surface area contributed by atoms with Crippen LogP contribution in [0.1, 0.15) is 25.3 Å². The number of nitrogens with zero attached hydrogens (tertiary/aromatic N) is 1. The fourth-order valence-corrected chi connectivity index (χ4v) is 3.57. The van der Waals surface area contributed by atoms with Gasteiger partial charge in [-0.15, -0.1) is 0 Å². The molecule has 1 aromatic carbocycles. The van der Waals surface area contributed by atoms with Crippen molar-refractivity contribution in [2.75, 3.05) is 0 Å². The SMILES string of the molecule is CC(O)NN[C@H]1C=C(C2=NOC(c3cc(Cl)cc(Cl)c3)(C(F)(F)F)C2)C=CC1. The van der Waals surface area contributed by atoms with Crippen LogP contribution < -0.4 is 10.9 Å². The molecule has 2 aliphatic rings. The third kappa shape index (κ3) is 4.36. The lowest BCUT2D eigenvalue weighted by Gasteiger charge is -2.30. The van der Waals surface area contributed by atoms with Gasteiger partial charge in [-0.25, -0.2) is 10.9 Å². The Balaban J connectivity index is 1.88. The van der Waals surface area contributed by atoms with Crippen molar-refractivity contribution in [1.82, 2.24) is 10.9 Å². The summed E-state index contributed by atoms with van der Waals surface area (Å²) in [6.45, 7) is 1.54. The first-order chi connectivity index (χ1) is 13.1. The second kappa shape index (κ2) is 8.04. The van der Waals surface area contributed by atoms with E-state index in [-0.39, 0.29) is 27.4 Å². The van der Waals surface area contributed by atoms with E-state index in [0.717, 1.165) is 0 Å². The summed E-state index contributed by atoms with van der Waals surface area (Å²) in [5.41, 5.74) is 3.34. The molecule has 0 spiro atoms. The zero-order valence-electron chi connectivity index (χ0n) is 14.7. The first-order valence-electron chi connectivity index (χ1n) is 8.47. The Hall–Kier alpha value is -1.58. The largest absolute Gasteiger partial charge is 0.435 e. The number of hydrogen-bond donors (Lipinski definition) is 3. The lowest BCUT2D eigenvalue weighted by Crippen LogP contribution is -2.45. The van der Waals surface area contributed by atoms with Crippen molar-refractivity contribution >= 4 is 28.9 Å². The number of rotatable bonds is 5. The Labute approximate surface area is 169 Å². The second-order valence-electron chi connectivity index (χ2n) is 6.62. The van der Waals surface area contributed by atoms with Crippen LogP contribution in [0.5, 0.6) is 0 Å². The highest BCUT2D eigenvalue weighted by atomic mass is 35.5. The third-order valence-corrected chi connectivity index (χ3v) is 4.83. The van der Waals surface area contributed by atoms with Gasteiger partial charge in [-0.2, -0.15) is 13.2 Å². The summed E-state index contributed by atoms with van der Waals surface area (Å²) < 4.78 is 42.1. The molecule has 3 atom stereocenters. The quantitative estimate of drug-likeness (QED) is 0.478. The van der Waals surface area contributed by atoms with Crippen LogP contribution in [0.15, 0.2) is 47.2 Å². The summed E-state index contributed by atoms with van der Waals surface area (Å²) in [6.07, 6.45) is -0.194. The van der Waals surface area contributed by atoms with Crippen LogP contribution in [0, 0.1) is 0 Å². The third-order valence-electron chi connectivity index (χ3n) is 4.39. The molecule has 28 heavy (non-hydrogen) atoms. The highest BCUT2D eigenvalue weighted by Crippen LogP contribution is 2.49. The predicted octanol–water partition coefficient (Wildman–Crippen LogP) is 4.21. The molecular formula is C18H18Cl2F3N3O2. The van der Waals surface area contributed by atoms with Gasteiger partial charge >= 0.3 is 6.18 Å². The monoisotopic (exact) mass is 435 g/mol. The van der Waals surface area contributed by atoms with Crippen molar-refractivity contribution in [3.63, 3.8) is 0 Å². The molecule has 2 unspecified atom stereocenters. The number of alkyl halides is 3. The summed E-state index contributed by atoms with van der Waals surface area (Å²) >= 11 is 11.8. The molecule has 1 aliphatic heterocycles. The van der Waals surface area contributed by atoms with Gasteiger partial charge < -0.3 is 9.94 Å². The van der Waals surface area contributed by atoms with E-state index in [1.54, 1.807) is 19.1 Å². The van der Waals surface area contributed by atoms with Crippen molar-refractivity contribution in [2.24, 2.45) is 5.16 Å². The number of halogens is 5.